The van der Waals surface area contributed by atoms with Crippen LogP contribution >= 0.6 is 0 Å². The van der Waals surface area contributed by atoms with E-state index in [4.69, 9.17) is 0 Å². The third-order valence-corrected chi connectivity index (χ3v) is 2.13. The number of anilines is 1. The third kappa shape index (κ3) is 0.998. The first-order chi connectivity index (χ1) is 5.79. The van der Waals surface area contributed by atoms with Crippen LogP contribution in [0.4, 0.5) is 5.69 Å². The number of aromatic nitrogens is 1. The highest BCUT2D eigenvalue weighted by Gasteiger charge is 2.11. The van der Waals surface area contributed by atoms with E-state index in [1.807, 2.05) is 6.20 Å². The maximum absolute atomic E-state index is 4.31. The maximum Gasteiger partial charge on any atom is 0.0534 e. The molecular formula is C10H12N2. The first-order valence-corrected chi connectivity index (χ1v) is 4.11. The lowest BCUT2D eigenvalue weighted by atomic mass is 10.2. The molecule has 62 valence electrons. The number of hydrogen-bond acceptors (Lipinski definition) is 2. The van der Waals surface area contributed by atoms with Crippen LogP contribution in [0.2, 0.25) is 0 Å². The van der Waals surface area contributed by atoms with E-state index in [-0.39, 0.29) is 0 Å². The van der Waals surface area contributed by atoms with Crippen LogP contribution in [-0.4, -0.2) is 19.1 Å². The highest BCUT2D eigenvalue weighted by atomic mass is 15.1. The van der Waals surface area contributed by atoms with Gasteiger partial charge in [-0.1, -0.05) is 12.2 Å². The Morgan fingerprint density at radius 3 is 3.00 bits per heavy atom. The Hall–Kier alpha value is -1.31. The largest absolute Gasteiger partial charge is 0.377 e. The molecule has 2 rings (SSSR count). The summed E-state index contributed by atoms with van der Waals surface area (Å²) in [4.78, 5) is 6.43. The van der Waals surface area contributed by atoms with Crippen LogP contribution in [0.15, 0.2) is 18.3 Å². The Kier molecular flexibility index (Phi) is 1.61. The van der Waals surface area contributed by atoms with Gasteiger partial charge in [0.25, 0.3) is 0 Å². The zero-order valence-electron chi connectivity index (χ0n) is 7.41. The lowest BCUT2D eigenvalue weighted by Gasteiger charge is -2.15. The van der Waals surface area contributed by atoms with Gasteiger partial charge in [0.1, 0.15) is 0 Å². The zero-order valence-corrected chi connectivity index (χ0v) is 7.41. The van der Waals surface area contributed by atoms with Gasteiger partial charge in [-0.05, 0) is 6.07 Å². The molecule has 0 saturated heterocycles. The Balaban J connectivity index is 2.56. The highest BCUT2D eigenvalue weighted by molar-refractivity contribution is 5.71. The Morgan fingerprint density at radius 2 is 2.25 bits per heavy atom. The van der Waals surface area contributed by atoms with Gasteiger partial charge in [-0.3, -0.25) is 4.98 Å². The number of pyridine rings is 1. The van der Waals surface area contributed by atoms with Crippen molar-refractivity contribution in [1.82, 2.24) is 4.98 Å². The average Bonchev–Trinajstić information content (AvgIpc) is 2.49. The molecule has 0 bridgehead atoms. The molecule has 1 aliphatic rings. The topological polar surface area (TPSA) is 16.1 Å². The van der Waals surface area contributed by atoms with Gasteiger partial charge in [0, 0.05) is 38.0 Å². The van der Waals surface area contributed by atoms with Crippen molar-refractivity contribution in [3.63, 3.8) is 0 Å². The van der Waals surface area contributed by atoms with Gasteiger partial charge in [-0.25, -0.2) is 0 Å². The molecule has 1 heterocycles. The summed E-state index contributed by atoms with van der Waals surface area (Å²) in [6, 6.07) is 2.05. The molecule has 0 spiro atoms. The fourth-order valence-corrected chi connectivity index (χ4v) is 1.53. The fourth-order valence-electron chi connectivity index (χ4n) is 1.53. The van der Waals surface area contributed by atoms with E-state index in [0.29, 0.717) is 0 Å². The standard InChI is InChI=1S/C10H12N2/c1-12(2)10-6-7-11-9-5-3-4-8(9)10/h3-4,6-7H,5H2,1-2H3. The molecule has 0 radical (unpaired) electrons. The SMILES string of the molecule is CN(C)c1ccnc2c1C=CC2. The van der Waals surface area contributed by atoms with Crippen molar-refractivity contribution in [2.75, 3.05) is 19.0 Å². The minimum atomic E-state index is 0.983. The molecule has 2 nitrogen and oxygen atoms in total. The molecular weight excluding hydrogens is 148 g/mol. The molecule has 0 amide bonds. The van der Waals surface area contributed by atoms with Crippen LogP contribution in [0.25, 0.3) is 6.08 Å². The zero-order chi connectivity index (χ0) is 8.55. The number of nitrogens with zero attached hydrogens (tertiary/aromatic N) is 2. The van der Waals surface area contributed by atoms with Crippen LogP contribution in [0.1, 0.15) is 11.3 Å². The summed E-state index contributed by atoms with van der Waals surface area (Å²) >= 11 is 0. The van der Waals surface area contributed by atoms with Gasteiger partial charge in [-0.2, -0.15) is 0 Å². The molecule has 1 aliphatic carbocycles. The summed E-state index contributed by atoms with van der Waals surface area (Å²) in [5.41, 5.74) is 3.73. The molecule has 1 aromatic heterocycles. The summed E-state index contributed by atoms with van der Waals surface area (Å²) in [7, 11) is 4.11. The van der Waals surface area contributed by atoms with Crippen molar-refractivity contribution in [1.29, 1.82) is 0 Å². The second-order valence-corrected chi connectivity index (χ2v) is 3.19. The van der Waals surface area contributed by atoms with Gasteiger partial charge in [0.05, 0.1) is 5.69 Å². The fraction of sp³-hybridized carbons (Fsp3) is 0.300. The normalized spacial score (nSPS) is 13.2. The molecule has 0 aliphatic heterocycles. The maximum atomic E-state index is 4.31. The summed E-state index contributed by atoms with van der Waals surface area (Å²) < 4.78 is 0. The monoisotopic (exact) mass is 160 g/mol. The second kappa shape index (κ2) is 2.63. The molecule has 0 fully saturated rings. The van der Waals surface area contributed by atoms with Gasteiger partial charge in [-0.15, -0.1) is 0 Å². The second-order valence-electron chi connectivity index (χ2n) is 3.19. The van der Waals surface area contributed by atoms with Gasteiger partial charge in [0.2, 0.25) is 0 Å². The summed E-state index contributed by atoms with van der Waals surface area (Å²) in [6.07, 6.45) is 7.17. The molecule has 2 heteroatoms. The quantitative estimate of drug-likeness (QED) is 0.621. The average molecular weight is 160 g/mol. The molecule has 0 aromatic carbocycles. The van der Waals surface area contributed by atoms with Gasteiger partial charge >= 0.3 is 0 Å². The van der Waals surface area contributed by atoms with E-state index in [9.17, 15) is 0 Å². The molecule has 0 saturated carbocycles. The van der Waals surface area contributed by atoms with Gasteiger partial charge < -0.3 is 4.90 Å². The highest BCUT2D eigenvalue weighted by Crippen LogP contribution is 2.26. The Bertz CT molecular complexity index is 327. The summed E-state index contributed by atoms with van der Waals surface area (Å²) in [5.74, 6) is 0. The van der Waals surface area contributed by atoms with E-state index in [1.165, 1.54) is 16.9 Å². The van der Waals surface area contributed by atoms with E-state index in [1.54, 1.807) is 0 Å². The predicted molar refractivity (Wildman–Crippen MR) is 51.3 cm³/mol. The van der Waals surface area contributed by atoms with Crippen molar-refractivity contribution in [2.45, 2.75) is 6.42 Å². The summed E-state index contributed by atoms with van der Waals surface area (Å²) in [5, 5.41) is 0. The minimum absolute atomic E-state index is 0.983. The van der Waals surface area contributed by atoms with Crippen molar-refractivity contribution in [2.24, 2.45) is 0 Å². The van der Waals surface area contributed by atoms with Gasteiger partial charge in [0.15, 0.2) is 0 Å². The first-order valence-electron chi connectivity index (χ1n) is 4.11. The lowest BCUT2D eigenvalue weighted by molar-refractivity contribution is 1.08. The number of hydrogen-bond donors (Lipinski definition) is 0. The summed E-state index contributed by atoms with van der Waals surface area (Å²) in [6.45, 7) is 0. The molecule has 0 N–H and O–H groups in total. The van der Waals surface area contributed by atoms with Crippen LogP contribution in [-0.2, 0) is 6.42 Å². The number of allylic oxidation sites excluding steroid dienone is 1. The van der Waals surface area contributed by atoms with E-state index in [0.717, 1.165) is 6.42 Å². The first kappa shape index (κ1) is 7.35. The van der Waals surface area contributed by atoms with Crippen molar-refractivity contribution in [3.05, 3.63) is 29.6 Å². The van der Waals surface area contributed by atoms with Crippen LogP contribution < -0.4 is 4.90 Å². The van der Waals surface area contributed by atoms with Crippen LogP contribution in [0, 0.1) is 0 Å². The minimum Gasteiger partial charge on any atom is -0.377 e. The third-order valence-electron chi connectivity index (χ3n) is 2.13. The van der Waals surface area contributed by atoms with Crippen molar-refractivity contribution < 1.29 is 0 Å². The smallest absolute Gasteiger partial charge is 0.0534 e. The Morgan fingerprint density at radius 1 is 1.42 bits per heavy atom. The lowest BCUT2D eigenvalue weighted by Crippen LogP contribution is -2.10. The van der Waals surface area contributed by atoms with Crippen LogP contribution in [0.5, 0.6) is 0 Å². The van der Waals surface area contributed by atoms with E-state index in [2.05, 4.69) is 42.2 Å². The molecule has 1 aromatic rings. The molecule has 0 unspecified atom stereocenters. The van der Waals surface area contributed by atoms with E-state index >= 15 is 0 Å². The van der Waals surface area contributed by atoms with Crippen molar-refractivity contribution >= 4 is 11.8 Å². The van der Waals surface area contributed by atoms with Crippen molar-refractivity contribution in [3.8, 4) is 0 Å². The predicted octanol–water partition coefficient (Wildman–Crippen LogP) is 1.72. The number of fused-ring (bicyclic) bond motifs is 1. The van der Waals surface area contributed by atoms with Crippen LogP contribution in [0.3, 0.4) is 0 Å². The van der Waals surface area contributed by atoms with E-state index < -0.39 is 0 Å². The Labute approximate surface area is 72.5 Å². The molecule has 12 heavy (non-hydrogen) atoms. The molecule has 0 atom stereocenters. The number of rotatable bonds is 1.